The molecule has 1 aromatic heterocycles. The van der Waals surface area contributed by atoms with Crippen LogP contribution >= 0.6 is 0 Å². The van der Waals surface area contributed by atoms with E-state index in [9.17, 15) is 4.79 Å². The van der Waals surface area contributed by atoms with Gasteiger partial charge in [0.15, 0.2) is 0 Å². The van der Waals surface area contributed by atoms with E-state index in [0.29, 0.717) is 5.56 Å². The van der Waals surface area contributed by atoms with Crippen molar-refractivity contribution in [1.29, 1.82) is 0 Å². The van der Waals surface area contributed by atoms with Gasteiger partial charge in [0.05, 0.1) is 0 Å². The molecule has 28 heavy (non-hydrogen) atoms. The van der Waals surface area contributed by atoms with Crippen molar-refractivity contribution in [1.82, 2.24) is 9.88 Å². The molecule has 0 saturated carbocycles. The minimum atomic E-state index is -0.0835. The number of likely N-dealkylation sites (tertiary alicyclic amines) is 1. The molecule has 0 spiro atoms. The molecule has 0 atom stereocenters. The minimum absolute atomic E-state index is 0.0835. The summed E-state index contributed by atoms with van der Waals surface area (Å²) in [5, 5.41) is 2.97. The summed E-state index contributed by atoms with van der Waals surface area (Å²) in [7, 11) is 0. The topological polar surface area (TPSA) is 45.2 Å². The summed E-state index contributed by atoms with van der Waals surface area (Å²) < 4.78 is 0. The molecule has 1 fully saturated rings. The van der Waals surface area contributed by atoms with Gasteiger partial charge in [0.25, 0.3) is 5.91 Å². The minimum Gasteiger partial charge on any atom is -0.322 e. The van der Waals surface area contributed by atoms with E-state index >= 15 is 0 Å². The number of carbonyl (C=O) groups is 1. The summed E-state index contributed by atoms with van der Waals surface area (Å²) in [6.07, 6.45) is 5.93. The summed E-state index contributed by atoms with van der Waals surface area (Å²) in [5.74, 6) is -0.0835. The van der Waals surface area contributed by atoms with Crippen molar-refractivity contribution in [3.63, 3.8) is 0 Å². The molecule has 4 rings (SSSR count). The monoisotopic (exact) mass is 369 g/mol. The highest BCUT2D eigenvalue weighted by molar-refractivity contribution is 6.04. The Labute approximate surface area is 165 Å². The van der Waals surface area contributed by atoms with E-state index in [1.54, 1.807) is 6.20 Å². The Morgan fingerprint density at radius 3 is 2.57 bits per heavy atom. The lowest BCUT2D eigenvalue weighted by Gasteiger charge is -2.34. The number of hydrogen-bond donors (Lipinski definition) is 1. The van der Waals surface area contributed by atoms with E-state index in [-0.39, 0.29) is 5.91 Å². The van der Waals surface area contributed by atoms with Crippen molar-refractivity contribution < 1.29 is 4.79 Å². The zero-order valence-corrected chi connectivity index (χ0v) is 15.9. The number of benzene rings is 2. The predicted octanol–water partition coefficient (Wildman–Crippen LogP) is 4.54. The number of aromatic nitrogens is 1. The first-order chi connectivity index (χ1) is 13.7. The fourth-order valence-corrected chi connectivity index (χ4v) is 3.36. The van der Waals surface area contributed by atoms with Crippen LogP contribution in [0.1, 0.15) is 27.0 Å². The zero-order chi connectivity index (χ0) is 19.3. The summed E-state index contributed by atoms with van der Waals surface area (Å²) in [6, 6.07) is 19.6. The first-order valence-corrected chi connectivity index (χ1v) is 9.45. The largest absolute Gasteiger partial charge is 0.322 e. The highest BCUT2D eigenvalue weighted by atomic mass is 16.1. The smallest absolute Gasteiger partial charge is 0.255 e. The second-order valence-electron chi connectivity index (χ2n) is 7.20. The summed E-state index contributed by atoms with van der Waals surface area (Å²) in [4.78, 5) is 19.0. The van der Waals surface area contributed by atoms with Crippen LogP contribution in [0, 0.1) is 6.92 Å². The first-order valence-electron chi connectivity index (χ1n) is 9.45. The SMILES string of the molecule is Cc1ccccc1NC(=O)c1ccc(C=C2CN(Cc3cccnc3)C2)cc1. The van der Waals surface area contributed by atoms with Crippen LogP contribution in [0.2, 0.25) is 0 Å². The highest BCUT2D eigenvalue weighted by Gasteiger charge is 2.19. The van der Waals surface area contributed by atoms with Gasteiger partial charge in [-0.2, -0.15) is 0 Å². The van der Waals surface area contributed by atoms with Crippen molar-refractivity contribution in [2.45, 2.75) is 13.5 Å². The number of nitrogens with one attached hydrogen (secondary N) is 1. The maximum atomic E-state index is 12.4. The normalized spacial score (nSPS) is 13.7. The maximum Gasteiger partial charge on any atom is 0.255 e. The Bertz CT molecular complexity index is 986. The van der Waals surface area contributed by atoms with Crippen molar-refractivity contribution >= 4 is 17.7 Å². The molecule has 1 saturated heterocycles. The summed E-state index contributed by atoms with van der Waals surface area (Å²) in [6.45, 7) is 4.87. The lowest BCUT2D eigenvalue weighted by atomic mass is 10.0. The number of anilines is 1. The van der Waals surface area contributed by atoms with Gasteiger partial charge in [-0.1, -0.05) is 42.5 Å². The van der Waals surface area contributed by atoms with Gasteiger partial charge in [0.1, 0.15) is 0 Å². The number of amides is 1. The van der Waals surface area contributed by atoms with Crippen molar-refractivity contribution in [2.24, 2.45) is 0 Å². The van der Waals surface area contributed by atoms with E-state index in [1.165, 1.54) is 11.1 Å². The molecule has 3 aromatic rings. The second-order valence-corrected chi connectivity index (χ2v) is 7.20. The molecule has 1 amide bonds. The van der Waals surface area contributed by atoms with Crippen LogP contribution in [0.15, 0.2) is 78.6 Å². The number of rotatable bonds is 5. The summed E-state index contributed by atoms with van der Waals surface area (Å²) in [5.41, 5.74) is 6.34. The molecule has 0 aliphatic carbocycles. The number of carbonyl (C=O) groups excluding carboxylic acids is 1. The zero-order valence-electron chi connectivity index (χ0n) is 15.9. The molecule has 4 nitrogen and oxygen atoms in total. The first kappa shape index (κ1) is 18.1. The Kier molecular flexibility index (Phi) is 5.31. The fraction of sp³-hybridized carbons (Fsp3) is 0.167. The molecule has 140 valence electrons. The average Bonchev–Trinajstić information content (AvgIpc) is 2.69. The van der Waals surface area contributed by atoms with Crippen LogP contribution in [0.3, 0.4) is 0 Å². The Morgan fingerprint density at radius 2 is 1.86 bits per heavy atom. The van der Waals surface area contributed by atoms with Gasteiger partial charge in [-0.3, -0.25) is 14.7 Å². The molecule has 2 heterocycles. The van der Waals surface area contributed by atoms with Crippen LogP contribution in [0.25, 0.3) is 6.08 Å². The standard InChI is InChI=1S/C24H23N3O/c1-18-5-2-3-7-23(18)26-24(28)22-10-8-19(9-11-22)13-21-16-27(17-21)15-20-6-4-12-25-14-20/h2-14H,15-17H2,1H3,(H,26,28). The van der Waals surface area contributed by atoms with Gasteiger partial charge in [-0.25, -0.2) is 0 Å². The number of pyridine rings is 1. The molecule has 0 bridgehead atoms. The third-order valence-electron chi connectivity index (χ3n) is 4.92. The third-order valence-corrected chi connectivity index (χ3v) is 4.92. The molecular formula is C24H23N3O. The van der Waals surface area contributed by atoms with Crippen LogP contribution in [0.4, 0.5) is 5.69 Å². The van der Waals surface area contributed by atoms with E-state index in [2.05, 4.69) is 27.3 Å². The summed E-state index contributed by atoms with van der Waals surface area (Å²) >= 11 is 0. The molecule has 4 heteroatoms. The molecule has 2 aromatic carbocycles. The van der Waals surface area contributed by atoms with Crippen LogP contribution in [-0.2, 0) is 6.54 Å². The lowest BCUT2D eigenvalue weighted by Crippen LogP contribution is -2.39. The highest BCUT2D eigenvalue weighted by Crippen LogP contribution is 2.21. The average molecular weight is 369 g/mol. The molecule has 1 N–H and O–H groups in total. The number of para-hydroxylation sites is 1. The van der Waals surface area contributed by atoms with Crippen molar-refractivity contribution in [2.75, 3.05) is 18.4 Å². The molecule has 1 aliphatic heterocycles. The van der Waals surface area contributed by atoms with Crippen molar-refractivity contribution in [3.8, 4) is 0 Å². The number of hydrogen-bond acceptors (Lipinski definition) is 3. The number of nitrogens with zero attached hydrogens (tertiary/aromatic N) is 2. The molecule has 0 unspecified atom stereocenters. The molecule has 1 aliphatic rings. The Hall–Kier alpha value is -3.24. The quantitative estimate of drug-likeness (QED) is 0.718. The van der Waals surface area contributed by atoms with Crippen molar-refractivity contribution in [3.05, 3.63) is 101 Å². The molecule has 0 radical (unpaired) electrons. The van der Waals surface area contributed by atoms with Crippen LogP contribution < -0.4 is 5.32 Å². The maximum absolute atomic E-state index is 12.4. The van der Waals surface area contributed by atoms with Crippen LogP contribution in [0.5, 0.6) is 0 Å². The van der Waals surface area contributed by atoms with E-state index in [4.69, 9.17) is 0 Å². The van der Waals surface area contributed by atoms with Crippen LogP contribution in [-0.4, -0.2) is 28.9 Å². The van der Waals surface area contributed by atoms with Gasteiger partial charge in [-0.15, -0.1) is 0 Å². The van der Waals surface area contributed by atoms with Gasteiger partial charge in [-0.05, 0) is 53.5 Å². The van der Waals surface area contributed by atoms with E-state index in [0.717, 1.165) is 36.4 Å². The van der Waals surface area contributed by atoms with E-state index < -0.39 is 0 Å². The predicted molar refractivity (Wildman–Crippen MR) is 113 cm³/mol. The van der Waals surface area contributed by atoms with Gasteiger partial charge >= 0.3 is 0 Å². The Morgan fingerprint density at radius 1 is 1.07 bits per heavy atom. The van der Waals surface area contributed by atoms with Gasteiger partial charge in [0.2, 0.25) is 0 Å². The van der Waals surface area contributed by atoms with Gasteiger partial charge < -0.3 is 5.32 Å². The number of aryl methyl sites for hydroxylation is 1. The fourth-order valence-electron chi connectivity index (χ4n) is 3.36. The molecular weight excluding hydrogens is 346 g/mol. The third kappa shape index (κ3) is 4.35. The Balaban J connectivity index is 1.33. The lowest BCUT2D eigenvalue weighted by molar-refractivity contribution is 0.102. The van der Waals surface area contributed by atoms with Gasteiger partial charge in [0, 0.05) is 43.3 Å². The van der Waals surface area contributed by atoms with E-state index in [1.807, 2.05) is 67.7 Å². The second kappa shape index (κ2) is 8.19.